The monoisotopic (exact) mass is 456 g/mol. The summed E-state index contributed by atoms with van der Waals surface area (Å²) in [5.74, 6) is -0.0511. The third kappa shape index (κ3) is 3.79. The van der Waals surface area contributed by atoms with Crippen LogP contribution in [0, 0.1) is 0 Å². The Kier molecular flexibility index (Phi) is 3.77. The van der Waals surface area contributed by atoms with Gasteiger partial charge in [0.15, 0.2) is 0 Å². The molecule has 10 nitrogen and oxygen atoms in total. The number of hydrogen-bond acceptors (Lipinski definition) is 9. The summed E-state index contributed by atoms with van der Waals surface area (Å²) in [6.07, 6.45) is -2.81. The number of piperidine rings is 2. The number of nitrogens with zero attached hydrogens (tertiary/aromatic N) is 8. The zero-order chi connectivity index (χ0) is 27.0. The van der Waals surface area contributed by atoms with Gasteiger partial charge >= 0.3 is 0 Å². The van der Waals surface area contributed by atoms with Crippen molar-refractivity contribution in [1.82, 2.24) is 40.7 Å². The quantitative estimate of drug-likeness (QED) is 0.594. The summed E-state index contributed by atoms with van der Waals surface area (Å²) < 4.78 is 57.5. The third-order valence-electron chi connectivity index (χ3n) is 6.41. The first-order valence-corrected chi connectivity index (χ1v) is 10.9. The average Bonchev–Trinajstić information content (AvgIpc) is 3.18. The molecule has 6 rings (SSSR count). The lowest BCUT2D eigenvalue weighted by atomic mass is 9.82. The smallest absolute Gasteiger partial charge is 0.245 e. The van der Waals surface area contributed by atoms with Crippen molar-refractivity contribution >= 4 is 5.95 Å². The predicted molar refractivity (Wildman–Crippen MR) is 118 cm³/mol. The van der Waals surface area contributed by atoms with Crippen LogP contribution in [-0.2, 0) is 7.05 Å². The molecule has 4 heterocycles. The van der Waals surface area contributed by atoms with Crippen LogP contribution in [0.3, 0.4) is 0 Å². The van der Waals surface area contributed by atoms with Crippen molar-refractivity contribution in [2.45, 2.75) is 68.7 Å². The Hall–Kier alpha value is -3.21. The highest BCUT2D eigenvalue weighted by molar-refractivity contribution is 5.71. The number of rotatable bonds is 5. The molecule has 11 heteroatoms. The van der Waals surface area contributed by atoms with Crippen LogP contribution in [0.5, 0.6) is 5.75 Å². The Morgan fingerprint density at radius 3 is 2.85 bits per heavy atom. The zero-order valence-corrected chi connectivity index (χ0v) is 17.9. The highest BCUT2D eigenvalue weighted by Gasteiger charge is 2.47. The van der Waals surface area contributed by atoms with Gasteiger partial charge in [0, 0.05) is 34.7 Å². The molecule has 1 saturated carbocycles. The molecule has 2 aliphatic heterocycles. The summed E-state index contributed by atoms with van der Waals surface area (Å²) in [5, 5.41) is 33.9. The maximum absolute atomic E-state index is 15.7. The summed E-state index contributed by atoms with van der Waals surface area (Å²) in [6, 6.07) is 0.761. The van der Waals surface area contributed by atoms with E-state index in [0.717, 1.165) is 17.7 Å². The maximum atomic E-state index is 15.7. The van der Waals surface area contributed by atoms with E-state index in [4.69, 9.17) is 6.85 Å². The topological polar surface area (TPSA) is 118 Å². The number of alkyl halides is 1. The Bertz CT molecular complexity index is 1360. The summed E-state index contributed by atoms with van der Waals surface area (Å²) in [7, 11) is 1.62. The molecule has 33 heavy (non-hydrogen) atoms. The number of nitrogens with one attached hydrogen (secondary N) is 1. The molecule has 0 spiro atoms. The van der Waals surface area contributed by atoms with Crippen LogP contribution in [0.2, 0.25) is 0 Å². The fourth-order valence-corrected chi connectivity index (χ4v) is 4.78. The lowest BCUT2D eigenvalue weighted by molar-refractivity contribution is 0.103. The first kappa shape index (κ1) is 15.6. The molecular weight excluding hydrogens is 425 g/mol. The van der Waals surface area contributed by atoms with Crippen LogP contribution in [0.1, 0.15) is 45.3 Å². The SMILES string of the molecule is [2H]C1([2H])C([2H])([2H])C1([2H])N(c1ncc(-c2ccc(-c3nnn(C)n3)cc2O)nn1)[C@@H]1C[C@@H]2CCC[C@H](N2)[C@@H]1F. The van der Waals surface area contributed by atoms with Crippen LogP contribution in [-0.4, -0.2) is 70.8 Å². The van der Waals surface area contributed by atoms with E-state index in [0.29, 0.717) is 23.4 Å². The minimum atomic E-state index is -2.58. The number of aromatic hydroxyl groups is 1. The van der Waals surface area contributed by atoms with Crippen LogP contribution < -0.4 is 10.2 Å². The molecule has 4 atom stereocenters. The summed E-state index contributed by atoms with van der Waals surface area (Å²) >= 11 is 0. The van der Waals surface area contributed by atoms with Gasteiger partial charge in [-0.15, -0.1) is 20.4 Å². The van der Waals surface area contributed by atoms with E-state index in [1.54, 1.807) is 19.2 Å². The molecule has 3 aliphatic rings. The van der Waals surface area contributed by atoms with Gasteiger partial charge in [0.05, 0.1) is 20.7 Å². The molecule has 2 N–H and O–H groups in total. The first-order valence-electron chi connectivity index (χ1n) is 13.4. The van der Waals surface area contributed by atoms with Crippen LogP contribution in [0.4, 0.5) is 10.3 Å². The average molecular weight is 457 g/mol. The highest BCUT2D eigenvalue weighted by atomic mass is 19.1. The Balaban J connectivity index is 1.35. The summed E-state index contributed by atoms with van der Waals surface area (Å²) in [5.41, 5.74) is 1.01. The number of hydrogen-bond donors (Lipinski definition) is 2. The van der Waals surface area contributed by atoms with Gasteiger partial charge in [-0.05, 0) is 49.4 Å². The number of benzene rings is 1. The van der Waals surface area contributed by atoms with E-state index in [9.17, 15) is 5.11 Å². The molecule has 2 saturated heterocycles. The van der Waals surface area contributed by atoms with E-state index in [1.165, 1.54) is 17.1 Å². The molecule has 3 aromatic rings. The van der Waals surface area contributed by atoms with Crippen molar-refractivity contribution in [2.75, 3.05) is 4.90 Å². The van der Waals surface area contributed by atoms with Crippen LogP contribution >= 0.6 is 0 Å². The van der Waals surface area contributed by atoms with Crippen molar-refractivity contribution in [3.05, 3.63) is 24.4 Å². The van der Waals surface area contributed by atoms with Gasteiger partial charge in [0.25, 0.3) is 0 Å². The molecule has 3 fully saturated rings. The number of phenols is 1. The van der Waals surface area contributed by atoms with Crippen molar-refractivity contribution in [3.8, 4) is 28.4 Å². The highest BCUT2D eigenvalue weighted by Crippen LogP contribution is 2.39. The van der Waals surface area contributed by atoms with Gasteiger partial charge in [-0.25, -0.2) is 9.37 Å². The number of anilines is 1. The van der Waals surface area contributed by atoms with Gasteiger partial charge in [-0.1, -0.05) is 12.5 Å². The largest absolute Gasteiger partial charge is 0.507 e. The second kappa shape index (κ2) is 7.98. The van der Waals surface area contributed by atoms with Crippen molar-refractivity contribution in [1.29, 1.82) is 0 Å². The first-order chi connectivity index (χ1) is 18.0. The van der Waals surface area contributed by atoms with Gasteiger partial charge < -0.3 is 15.3 Å². The third-order valence-corrected chi connectivity index (χ3v) is 6.41. The van der Waals surface area contributed by atoms with Crippen LogP contribution in [0.25, 0.3) is 22.6 Å². The maximum Gasteiger partial charge on any atom is 0.245 e. The zero-order valence-electron chi connectivity index (χ0n) is 22.9. The van der Waals surface area contributed by atoms with E-state index >= 15 is 4.39 Å². The summed E-state index contributed by atoms with van der Waals surface area (Å²) in [4.78, 5) is 6.64. The fraction of sp³-hybridized carbons (Fsp3) is 0.545. The van der Waals surface area contributed by atoms with Gasteiger partial charge in [0.2, 0.25) is 11.8 Å². The second-order valence-electron chi connectivity index (χ2n) is 8.59. The van der Waals surface area contributed by atoms with Crippen molar-refractivity contribution < 1.29 is 16.4 Å². The second-order valence-corrected chi connectivity index (χ2v) is 8.59. The lowest BCUT2D eigenvalue weighted by Gasteiger charge is -2.46. The van der Waals surface area contributed by atoms with E-state index in [1.807, 2.05) is 0 Å². The Morgan fingerprint density at radius 2 is 2.15 bits per heavy atom. The lowest BCUT2D eigenvalue weighted by Crippen LogP contribution is -2.62. The number of halogens is 1. The summed E-state index contributed by atoms with van der Waals surface area (Å²) in [6.45, 7) is 0. The van der Waals surface area contributed by atoms with Gasteiger partial charge in [0.1, 0.15) is 17.6 Å². The molecule has 0 unspecified atom stereocenters. The molecule has 1 aromatic carbocycles. The molecule has 1 aliphatic carbocycles. The fourth-order valence-electron chi connectivity index (χ4n) is 4.78. The molecule has 2 bridgehead atoms. The Morgan fingerprint density at radius 1 is 1.27 bits per heavy atom. The molecule has 0 amide bonds. The van der Waals surface area contributed by atoms with E-state index in [2.05, 4.69) is 35.9 Å². The van der Waals surface area contributed by atoms with Crippen molar-refractivity contribution in [3.63, 3.8) is 0 Å². The number of aryl methyl sites for hydroxylation is 1. The minimum Gasteiger partial charge on any atom is -0.507 e. The molecule has 2 aromatic heterocycles. The normalized spacial score (nSPS) is 33.1. The number of tetrazole rings is 1. The predicted octanol–water partition coefficient (Wildman–Crippen LogP) is 2.02. The number of aromatic nitrogens is 7. The standard InChI is InChI=1S/C22H26FN9O/c1-31-29-21(27-30-31)12-5-8-15(19(33)9-12)17-11-24-22(28-26-17)32(14-6-7-14)18-10-13-3-2-4-16(25-13)20(18)23/h5,8-9,11,13-14,16,18,20,25,33H,2-4,6-7,10H2,1H3/t13-,16-,18+,20-/m0/s1/i6D2,7D2,14D. The van der Waals surface area contributed by atoms with Crippen LogP contribution in [0.15, 0.2) is 24.4 Å². The number of fused-ring (bicyclic) bond motifs is 2. The molecular formula is C22H26FN9O. The molecule has 0 radical (unpaired) electrons. The minimum absolute atomic E-state index is 0.0289. The van der Waals surface area contributed by atoms with Crippen molar-refractivity contribution in [2.24, 2.45) is 7.05 Å². The van der Waals surface area contributed by atoms with Gasteiger partial charge in [-0.2, -0.15) is 4.80 Å². The number of phenolic OH excluding ortho intramolecular Hbond substituents is 1. The van der Waals surface area contributed by atoms with E-state index < -0.39 is 37.0 Å². The molecule has 172 valence electrons. The van der Waals surface area contributed by atoms with E-state index in [-0.39, 0.29) is 29.9 Å². The van der Waals surface area contributed by atoms with Gasteiger partial charge in [-0.3, -0.25) is 0 Å². The Labute approximate surface area is 197 Å².